The van der Waals surface area contributed by atoms with Crippen molar-refractivity contribution in [2.75, 3.05) is 13.3 Å². The molecule has 2 aliphatic heterocycles. The van der Waals surface area contributed by atoms with Gasteiger partial charge in [-0.3, -0.25) is 9.69 Å². The van der Waals surface area contributed by atoms with Gasteiger partial charge in [0.25, 0.3) is 5.56 Å². The fraction of sp³-hybridized carbons (Fsp3) is 0.263. The predicted molar refractivity (Wildman–Crippen MR) is 98.6 cm³/mol. The molecule has 132 valence electrons. The van der Waals surface area contributed by atoms with E-state index >= 15 is 0 Å². The lowest BCUT2D eigenvalue weighted by Crippen LogP contribution is -2.35. The number of nitrogens with one attached hydrogen (secondary N) is 1. The highest BCUT2D eigenvalue weighted by Gasteiger charge is 2.24. The molecule has 4 heterocycles. The minimum absolute atomic E-state index is 0.0182. The topological polar surface area (TPSA) is 67.5 Å². The van der Waals surface area contributed by atoms with Gasteiger partial charge in [0.2, 0.25) is 6.79 Å². The maximum absolute atomic E-state index is 12.5. The number of nitrogens with zero attached hydrogens (tertiary/aromatic N) is 2. The molecule has 0 radical (unpaired) electrons. The molecule has 26 heavy (non-hydrogen) atoms. The highest BCUT2D eigenvalue weighted by Crippen LogP contribution is 2.36. The lowest BCUT2D eigenvalue weighted by molar-refractivity contribution is 0.171. The first-order valence-corrected chi connectivity index (χ1v) is 9.42. The summed E-state index contributed by atoms with van der Waals surface area (Å²) in [6, 6.07) is 9.90. The van der Waals surface area contributed by atoms with Crippen LogP contribution in [0.3, 0.4) is 0 Å². The van der Waals surface area contributed by atoms with Crippen molar-refractivity contribution in [3.8, 4) is 22.2 Å². The summed E-state index contributed by atoms with van der Waals surface area (Å²) >= 11 is 1.58. The number of para-hydroxylation sites is 1. The molecule has 6 nitrogen and oxygen atoms in total. The number of ether oxygens (including phenoxy) is 2. The van der Waals surface area contributed by atoms with E-state index in [2.05, 4.69) is 16.0 Å². The number of fused-ring (bicyclic) bond motifs is 2. The Morgan fingerprint density at radius 3 is 3.08 bits per heavy atom. The van der Waals surface area contributed by atoms with Gasteiger partial charge in [-0.05, 0) is 23.9 Å². The first-order valence-electron chi connectivity index (χ1n) is 8.54. The van der Waals surface area contributed by atoms with Gasteiger partial charge in [0, 0.05) is 30.8 Å². The number of hydrogen-bond donors (Lipinski definition) is 1. The maximum Gasteiger partial charge on any atom is 0.254 e. The number of rotatable bonds is 3. The van der Waals surface area contributed by atoms with Crippen molar-refractivity contribution in [3.63, 3.8) is 0 Å². The summed E-state index contributed by atoms with van der Waals surface area (Å²) in [5, 5.41) is 1.99. The highest BCUT2D eigenvalue weighted by atomic mass is 32.1. The lowest BCUT2D eigenvalue weighted by atomic mass is 10.0. The van der Waals surface area contributed by atoms with Crippen LogP contribution in [-0.2, 0) is 19.5 Å². The van der Waals surface area contributed by atoms with E-state index in [0.717, 1.165) is 46.3 Å². The largest absolute Gasteiger partial charge is 0.454 e. The Morgan fingerprint density at radius 2 is 2.19 bits per heavy atom. The Bertz CT molecular complexity index is 1010. The van der Waals surface area contributed by atoms with Crippen LogP contribution in [0.15, 0.2) is 40.5 Å². The van der Waals surface area contributed by atoms with E-state index in [4.69, 9.17) is 14.5 Å². The minimum Gasteiger partial charge on any atom is -0.454 e. The summed E-state index contributed by atoms with van der Waals surface area (Å²) in [7, 11) is 0. The van der Waals surface area contributed by atoms with E-state index in [0.29, 0.717) is 18.8 Å². The van der Waals surface area contributed by atoms with Crippen LogP contribution in [0.1, 0.15) is 16.8 Å². The molecule has 3 aromatic rings. The average molecular weight is 367 g/mol. The van der Waals surface area contributed by atoms with Gasteiger partial charge in [0.1, 0.15) is 0 Å². The number of H-pyrrole nitrogens is 1. The van der Waals surface area contributed by atoms with E-state index < -0.39 is 0 Å². The zero-order valence-corrected chi connectivity index (χ0v) is 14.8. The molecule has 0 unspecified atom stereocenters. The molecule has 0 amide bonds. The summed E-state index contributed by atoms with van der Waals surface area (Å²) in [5.41, 5.74) is 2.76. The van der Waals surface area contributed by atoms with Crippen LogP contribution >= 0.6 is 11.3 Å². The molecule has 2 aromatic heterocycles. The average Bonchev–Trinajstić information content (AvgIpc) is 3.34. The lowest BCUT2D eigenvalue weighted by Gasteiger charge is -2.28. The monoisotopic (exact) mass is 367 g/mol. The highest BCUT2D eigenvalue weighted by molar-refractivity contribution is 7.13. The zero-order chi connectivity index (χ0) is 17.5. The Morgan fingerprint density at radius 1 is 1.23 bits per heavy atom. The van der Waals surface area contributed by atoms with Crippen molar-refractivity contribution in [1.82, 2.24) is 14.9 Å². The van der Waals surface area contributed by atoms with Crippen molar-refractivity contribution < 1.29 is 9.47 Å². The van der Waals surface area contributed by atoms with Crippen LogP contribution in [0.25, 0.3) is 10.7 Å². The summed E-state index contributed by atoms with van der Waals surface area (Å²) in [6.45, 7) is 2.49. The minimum atomic E-state index is -0.0182. The summed E-state index contributed by atoms with van der Waals surface area (Å²) in [5.74, 6) is 2.29. The van der Waals surface area contributed by atoms with Gasteiger partial charge in [-0.2, -0.15) is 0 Å². The van der Waals surface area contributed by atoms with Crippen LogP contribution in [0.4, 0.5) is 0 Å². The van der Waals surface area contributed by atoms with Crippen molar-refractivity contribution >= 4 is 11.3 Å². The van der Waals surface area contributed by atoms with E-state index in [-0.39, 0.29) is 12.4 Å². The standard InChI is InChI=1S/C19H17N3O3S/c23-19-13-6-7-22(9-12-3-1-4-15-17(12)25-11-24-15)10-14(13)20-18(21-19)16-5-2-8-26-16/h1-5,8H,6-7,9-11H2,(H,20,21,23). The van der Waals surface area contributed by atoms with Crippen molar-refractivity contribution in [2.24, 2.45) is 0 Å². The fourth-order valence-corrected chi connectivity index (χ4v) is 4.18. The van der Waals surface area contributed by atoms with Crippen LogP contribution in [-0.4, -0.2) is 28.2 Å². The normalized spacial score (nSPS) is 15.8. The Kier molecular flexibility index (Phi) is 3.76. The Balaban J connectivity index is 1.43. The second kappa shape index (κ2) is 6.26. The number of thiophene rings is 1. The molecule has 0 fully saturated rings. The van der Waals surface area contributed by atoms with E-state index in [1.165, 1.54) is 0 Å². The van der Waals surface area contributed by atoms with Gasteiger partial charge in [-0.15, -0.1) is 11.3 Å². The quantitative estimate of drug-likeness (QED) is 0.771. The molecule has 0 bridgehead atoms. The molecule has 1 N–H and O–H groups in total. The van der Waals surface area contributed by atoms with Gasteiger partial charge in [0.15, 0.2) is 17.3 Å². The van der Waals surface area contributed by atoms with Crippen LogP contribution in [0.5, 0.6) is 11.5 Å². The summed E-state index contributed by atoms with van der Waals surface area (Å²) in [6.07, 6.45) is 0.703. The molecule has 0 spiro atoms. The van der Waals surface area contributed by atoms with E-state index in [1.807, 2.05) is 29.6 Å². The van der Waals surface area contributed by atoms with Crippen molar-refractivity contribution in [3.05, 3.63) is 62.9 Å². The van der Waals surface area contributed by atoms with Crippen LogP contribution in [0, 0.1) is 0 Å². The van der Waals surface area contributed by atoms with E-state index in [1.54, 1.807) is 11.3 Å². The van der Waals surface area contributed by atoms with Gasteiger partial charge < -0.3 is 14.5 Å². The fourth-order valence-electron chi connectivity index (χ4n) is 3.51. The Hall–Kier alpha value is -2.64. The molecular formula is C19H17N3O3S. The molecule has 1 aromatic carbocycles. The van der Waals surface area contributed by atoms with Gasteiger partial charge >= 0.3 is 0 Å². The molecule has 7 heteroatoms. The molecule has 0 saturated heterocycles. The van der Waals surface area contributed by atoms with Crippen LogP contribution < -0.4 is 15.0 Å². The number of aromatic amines is 1. The van der Waals surface area contributed by atoms with E-state index in [9.17, 15) is 4.79 Å². The van der Waals surface area contributed by atoms with Gasteiger partial charge in [-0.1, -0.05) is 18.2 Å². The zero-order valence-electron chi connectivity index (χ0n) is 14.0. The van der Waals surface area contributed by atoms with Crippen molar-refractivity contribution in [1.29, 1.82) is 0 Å². The summed E-state index contributed by atoms with van der Waals surface area (Å²) < 4.78 is 11.1. The second-order valence-electron chi connectivity index (χ2n) is 6.43. The molecule has 0 saturated carbocycles. The number of benzene rings is 1. The van der Waals surface area contributed by atoms with Gasteiger partial charge in [-0.25, -0.2) is 4.98 Å². The molecule has 0 aliphatic carbocycles. The first kappa shape index (κ1) is 15.6. The maximum atomic E-state index is 12.5. The molecule has 5 rings (SSSR count). The smallest absolute Gasteiger partial charge is 0.254 e. The molecular weight excluding hydrogens is 350 g/mol. The molecule has 0 atom stereocenters. The molecule has 2 aliphatic rings. The van der Waals surface area contributed by atoms with Gasteiger partial charge in [0.05, 0.1) is 10.6 Å². The third-order valence-corrected chi connectivity index (χ3v) is 5.66. The Labute approximate surface area is 154 Å². The predicted octanol–water partition coefficient (Wildman–Crippen LogP) is 2.79. The second-order valence-corrected chi connectivity index (χ2v) is 7.38. The SMILES string of the molecule is O=c1[nH]c(-c2cccs2)nc2c1CCN(Cc1cccc3c1OCO3)C2. The third-order valence-electron chi connectivity index (χ3n) is 4.78. The van der Waals surface area contributed by atoms with Crippen molar-refractivity contribution in [2.45, 2.75) is 19.5 Å². The third kappa shape index (κ3) is 2.69. The first-order chi connectivity index (χ1) is 12.8. The summed E-state index contributed by atoms with van der Waals surface area (Å²) in [4.78, 5) is 23.4. The number of hydrogen-bond acceptors (Lipinski definition) is 6. The number of aromatic nitrogens is 2. The van der Waals surface area contributed by atoms with Crippen LogP contribution in [0.2, 0.25) is 0 Å².